The van der Waals surface area contributed by atoms with Gasteiger partial charge in [-0.1, -0.05) is 12.1 Å². The number of aryl methyl sites for hydroxylation is 1. The van der Waals surface area contributed by atoms with Crippen molar-refractivity contribution in [2.45, 2.75) is 25.4 Å². The molecular formula is C18H20FN3O3. The molecule has 0 spiro atoms. The van der Waals surface area contributed by atoms with E-state index in [1.165, 1.54) is 12.1 Å². The summed E-state index contributed by atoms with van der Waals surface area (Å²) in [4.78, 5) is 20.1. The number of halogens is 1. The van der Waals surface area contributed by atoms with Gasteiger partial charge < -0.3 is 15.2 Å². The molecule has 1 aliphatic carbocycles. The van der Waals surface area contributed by atoms with Crippen LogP contribution in [0.4, 0.5) is 4.39 Å². The highest BCUT2D eigenvalue weighted by Gasteiger charge is 2.59. The Bertz CT molecular complexity index is 799. The first-order valence-electron chi connectivity index (χ1n) is 7.96. The van der Waals surface area contributed by atoms with Crippen LogP contribution < -0.4 is 10.5 Å². The standard InChI is InChI=1S/C18H20FN3O3/c1-11-21-8-16(15(22-11)9-24-2)25-10-18(7-14(18)17(20)23)12-4-3-5-13(19)6-12/h3-6,8,14H,7,9-10H2,1-2H3,(H2,20,23)/t14-,18+/m0/s1. The van der Waals surface area contributed by atoms with Gasteiger partial charge in [0.2, 0.25) is 5.91 Å². The molecule has 132 valence electrons. The Balaban J connectivity index is 1.85. The second-order valence-corrected chi connectivity index (χ2v) is 6.28. The molecule has 1 heterocycles. The highest BCUT2D eigenvalue weighted by Crippen LogP contribution is 2.54. The molecule has 1 aromatic heterocycles. The van der Waals surface area contributed by atoms with Crippen molar-refractivity contribution in [3.63, 3.8) is 0 Å². The third-order valence-corrected chi connectivity index (χ3v) is 4.53. The fourth-order valence-corrected chi connectivity index (χ4v) is 3.11. The van der Waals surface area contributed by atoms with Gasteiger partial charge in [0.25, 0.3) is 0 Å². The Morgan fingerprint density at radius 2 is 2.28 bits per heavy atom. The third-order valence-electron chi connectivity index (χ3n) is 4.53. The zero-order chi connectivity index (χ0) is 18.0. The van der Waals surface area contributed by atoms with E-state index in [4.69, 9.17) is 15.2 Å². The molecule has 6 nitrogen and oxygen atoms in total. The van der Waals surface area contributed by atoms with Gasteiger partial charge in [0.15, 0.2) is 5.75 Å². The maximum Gasteiger partial charge on any atom is 0.221 e. The summed E-state index contributed by atoms with van der Waals surface area (Å²) in [6, 6.07) is 6.20. The number of carbonyl (C=O) groups excluding carboxylic acids is 1. The molecule has 7 heteroatoms. The zero-order valence-electron chi connectivity index (χ0n) is 14.2. The molecule has 1 saturated carbocycles. The number of primary amides is 1. The van der Waals surface area contributed by atoms with Crippen LogP contribution in [0.2, 0.25) is 0 Å². The second-order valence-electron chi connectivity index (χ2n) is 6.28. The second kappa shape index (κ2) is 6.76. The molecule has 2 N–H and O–H groups in total. The van der Waals surface area contributed by atoms with Gasteiger partial charge in [-0.05, 0) is 31.0 Å². The van der Waals surface area contributed by atoms with Gasteiger partial charge in [-0.2, -0.15) is 0 Å². The summed E-state index contributed by atoms with van der Waals surface area (Å²) in [5, 5.41) is 0. The molecule has 1 aliphatic rings. The van der Waals surface area contributed by atoms with Crippen LogP contribution in [0.25, 0.3) is 0 Å². The van der Waals surface area contributed by atoms with Crippen LogP contribution in [0.1, 0.15) is 23.5 Å². The smallest absolute Gasteiger partial charge is 0.221 e. The van der Waals surface area contributed by atoms with E-state index in [0.717, 1.165) is 0 Å². The predicted octanol–water partition coefficient (Wildman–Crippen LogP) is 1.89. The van der Waals surface area contributed by atoms with E-state index in [0.29, 0.717) is 29.3 Å². The Labute approximate surface area is 145 Å². The fraction of sp³-hybridized carbons (Fsp3) is 0.389. The summed E-state index contributed by atoms with van der Waals surface area (Å²) in [5.74, 6) is -0.0542. The van der Waals surface area contributed by atoms with Crippen molar-refractivity contribution in [2.75, 3.05) is 13.7 Å². The van der Waals surface area contributed by atoms with Crippen molar-refractivity contribution in [1.82, 2.24) is 9.97 Å². The van der Waals surface area contributed by atoms with Crippen molar-refractivity contribution in [3.8, 4) is 5.75 Å². The van der Waals surface area contributed by atoms with Crippen LogP contribution in [0, 0.1) is 18.7 Å². The summed E-state index contributed by atoms with van der Waals surface area (Å²) >= 11 is 0. The maximum atomic E-state index is 13.6. The van der Waals surface area contributed by atoms with Crippen LogP contribution in [0.15, 0.2) is 30.5 Å². The van der Waals surface area contributed by atoms with Gasteiger partial charge >= 0.3 is 0 Å². The average Bonchev–Trinajstić information content (AvgIpc) is 3.31. The summed E-state index contributed by atoms with van der Waals surface area (Å²) in [6.45, 7) is 2.25. The molecule has 25 heavy (non-hydrogen) atoms. The first-order valence-corrected chi connectivity index (χ1v) is 7.96. The number of aromatic nitrogens is 2. The fourth-order valence-electron chi connectivity index (χ4n) is 3.11. The number of nitrogens with two attached hydrogens (primary N) is 1. The molecule has 1 aromatic carbocycles. The lowest BCUT2D eigenvalue weighted by atomic mass is 9.93. The molecule has 0 saturated heterocycles. The third kappa shape index (κ3) is 3.46. The zero-order valence-corrected chi connectivity index (χ0v) is 14.2. The van der Waals surface area contributed by atoms with Gasteiger partial charge in [0.05, 0.1) is 25.3 Å². The Kier molecular flexibility index (Phi) is 4.67. The Morgan fingerprint density at radius 1 is 1.48 bits per heavy atom. The Morgan fingerprint density at radius 3 is 2.92 bits per heavy atom. The van der Waals surface area contributed by atoms with Gasteiger partial charge in [-0.3, -0.25) is 4.79 Å². The van der Waals surface area contributed by atoms with Crippen molar-refractivity contribution >= 4 is 5.91 Å². The number of benzene rings is 1. The molecular weight excluding hydrogens is 325 g/mol. The summed E-state index contributed by atoms with van der Waals surface area (Å²) in [7, 11) is 1.57. The first kappa shape index (κ1) is 17.3. The number of carbonyl (C=O) groups is 1. The van der Waals surface area contributed by atoms with Crippen molar-refractivity contribution in [1.29, 1.82) is 0 Å². The van der Waals surface area contributed by atoms with E-state index < -0.39 is 11.3 Å². The van der Waals surface area contributed by atoms with Crippen LogP contribution in [-0.2, 0) is 21.6 Å². The summed E-state index contributed by atoms with van der Waals surface area (Å²) in [5.41, 5.74) is 6.19. The van der Waals surface area contributed by atoms with E-state index in [-0.39, 0.29) is 24.9 Å². The lowest BCUT2D eigenvalue weighted by Crippen LogP contribution is -2.27. The first-order chi connectivity index (χ1) is 12.0. The van der Waals surface area contributed by atoms with Crippen LogP contribution >= 0.6 is 0 Å². The number of ether oxygens (including phenoxy) is 2. The number of rotatable bonds is 7. The van der Waals surface area contributed by atoms with E-state index >= 15 is 0 Å². The van der Waals surface area contributed by atoms with Crippen molar-refractivity contribution in [3.05, 3.63) is 53.4 Å². The predicted molar refractivity (Wildman–Crippen MR) is 88.4 cm³/mol. The maximum absolute atomic E-state index is 13.6. The molecule has 0 radical (unpaired) electrons. The highest BCUT2D eigenvalue weighted by molar-refractivity contribution is 5.82. The summed E-state index contributed by atoms with van der Waals surface area (Å²) < 4.78 is 24.7. The lowest BCUT2D eigenvalue weighted by Gasteiger charge is -2.19. The number of methoxy groups -OCH3 is 1. The molecule has 0 aliphatic heterocycles. The molecule has 1 fully saturated rings. The number of hydrogen-bond acceptors (Lipinski definition) is 5. The van der Waals surface area contributed by atoms with E-state index in [1.54, 1.807) is 32.4 Å². The molecule has 0 unspecified atom stereocenters. The van der Waals surface area contributed by atoms with Gasteiger partial charge in [-0.15, -0.1) is 0 Å². The molecule has 3 rings (SSSR count). The monoisotopic (exact) mass is 345 g/mol. The highest BCUT2D eigenvalue weighted by atomic mass is 19.1. The quantitative estimate of drug-likeness (QED) is 0.828. The van der Waals surface area contributed by atoms with E-state index in [1.807, 2.05) is 0 Å². The van der Waals surface area contributed by atoms with E-state index in [9.17, 15) is 9.18 Å². The topological polar surface area (TPSA) is 87.3 Å². The van der Waals surface area contributed by atoms with Crippen LogP contribution in [0.3, 0.4) is 0 Å². The van der Waals surface area contributed by atoms with Crippen LogP contribution in [0.5, 0.6) is 5.75 Å². The van der Waals surface area contributed by atoms with Crippen molar-refractivity contribution < 1.29 is 18.7 Å². The Hall–Kier alpha value is -2.54. The largest absolute Gasteiger partial charge is 0.489 e. The van der Waals surface area contributed by atoms with Gasteiger partial charge in [0, 0.05) is 12.5 Å². The number of nitrogens with zero attached hydrogens (tertiary/aromatic N) is 2. The van der Waals surface area contributed by atoms with Gasteiger partial charge in [-0.25, -0.2) is 14.4 Å². The molecule has 1 amide bonds. The van der Waals surface area contributed by atoms with Crippen molar-refractivity contribution in [2.24, 2.45) is 11.7 Å². The summed E-state index contributed by atoms with van der Waals surface area (Å²) in [6.07, 6.45) is 2.11. The van der Waals surface area contributed by atoms with Gasteiger partial charge in [0.1, 0.15) is 17.3 Å². The lowest BCUT2D eigenvalue weighted by molar-refractivity contribution is -0.119. The molecule has 0 bridgehead atoms. The minimum Gasteiger partial charge on any atom is -0.489 e. The SMILES string of the molecule is COCc1nc(C)ncc1OC[C@@]1(c2cccc(F)c2)C[C@H]1C(N)=O. The number of amides is 1. The molecule has 2 aromatic rings. The molecule has 2 atom stereocenters. The minimum absolute atomic E-state index is 0.188. The average molecular weight is 345 g/mol. The van der Waals surface area contributed by atoms with Crippen LogP contribution in [-0.4, -0.2) is 29.6 Å². The van der Waals surface area contributed by atoms with E-state index in [2.05, 4.69) is 9.97 Å². The normalized spacial score (nSPS) is 21.8. The number of hydrogen-bond donors (Lipinski definition) is 1. The minimum atomic E-state index is -0.622.